The van der Waals surface area contributed by atoms with Gasteiger partial charge in [0, 0.05) is 25.4 Å². The third-order valence-electron chi connectivity index (χ3n) is 3.49. The number of H-pyrrole nitrogens is 1. The van der Waals surface area contributed by atoms with Crippen molar-refractivity contribution < 1.29 is 14.0 Å². The van der Waals surface area contributed by atoms with E-state index in [2.05, 4.69) is 25.8 Å². The average Bonchev–Trinajstić information content (AvgIpc) is 3.34. The van der Waals surface area contributed by atoms with Crippen LogP contribution < -0.4 is 10.6 Å². The highest BCUT2D eigenvalue weighted by molar-refractivity contribution is 7.71. The second kappa shape index (κ2) is 8.06. The van der Waals surface area contributed by atoms with Crippen LogP contribution in [0.25, 0.3) is 0 Å². The van der Waals surface area contributed by atoms with Crippen LogP contribution in [0.4, 0.5) is 5.13 Å². The summed E-state index contributed by atoms with van der Waals surface area (Å²) in [7, 11) is 1.83. The van der Waals surface area contributed by atoms with Crippen LogP contribution in [0.2, 0.25) is 0 Å². The summed E-state index contributed by atoms with van der Waals surface area (Å²) in [6, 6.07) is 3.18. The summed E-state index contributed by atoms with van der Waals surface area (Å²) < 4.78 is 7.29. The number of aromatic nitrogens is 4. The summed E-state index contributed by atoms with van der Waals surface area (Å²) in [4.78, 5) is 28.0. The van der Waals surface area contributed by atoms with Crippen LogP contribution in [0.5, 0.6) is 0 Å². The van der Waals surface area contributed by atoms with Gasteiger partial charge in [0.1, 0.15) is 5.82 Å². The van der Waals surface area contributed by atoms with Gasteiger partial charge in [-0.25, -0.2) is 4.98 Å². The van der Waals surface area contributed by atoms with Crippen LogP contribution in [0.3, 0.4) is 0 Å². The predicted molar refractivity (Wildman–Crippen MR) is 97.6 cm³/mol. The molecule has 26 heavy (non-hydrogen) atoms. The third-order valence-corrected chi connectivity index (χ3v) is 4.66. The standard InChI is InChI=1S/C15H16N6O3S2/c1-21-11(19-20-15(21)25)7-9-8-26-14(17-9)18-12(22)4-5-16-13(23)10-3-2-6-24-10/h2-3,6,8H,4-5,7H2,1H3,(H,16,23)(H,20,25)(H,17,18,22). The van der Waals surface area contributed by atoms with Crippen molar-refractivity contribution in [2.45, 2.75) is 12.8 Å². The molecule has 0 aliphatic heterocycles. The number of hydrogen-bond acceptors (Lipinski definition) is 7. The van der Waals surface area contributed by atoms with Gasteiger partial charge in [-0.2, -0.15) is 5.10 Å². The third kappa shape index (κ3) is 4.43. The van der Waals surface area contributed by atoms with E-state index in [9.17, 15) is 9.59 Å². The monoisotopic (exact) mass is 392 g/mol. The van der Waals surface area contributed by atoms with Crippen LogP contribution in [-0.4, -0.2) is 38.1 Å². The van der Waals surface area contributed by atoms with Crippen molar-refractivity contribution >= 4 is 40.5 Å². The molecule has 0 aromatic carbocycles. The first-order valence-electron chi connectivity index (χ1n) is 7.69. The molecule has 0 atom stereocenters. The van der Waals surface area contributed by atoms with Gasteiger partial charge in [-0.05, 0) is 24.4 Å². The molecular weight excluding hydrogens is 376 g/mol. The van der Waals surface area contributed by atoms with Crippen LogP contribution >= 0.6 is 23.6 Å². The fourth-order valence-electron chi connectivity index (χ4n) is 2.11. The van der Waals surface area contributed by atoms with E-state index in [-0.39, 0.29) is 30.5 Å². The fourth-order valence-corrected chi connectivity index (χ4v) is 2.99. The lowest BCUT2D eigenvalue weighted by atomic mass is 10.3. The second-order valence-corrected chi connectivity index (χ2v) is 6.60. The van der Waals surface area contributed by atoms with Crippen molar-refractivity contribution in [3.05, 3.63) is 45.8 Å². The largest absolute Gasteiger partial charge is 0.459 e. The van der Waals surface area contributed by atoms with E-state index in [1.54, 1.807) is 16.7 Å². The Kier molecular flexibility index (Phi) is 5.58. The molecule has 11 heteroatoms. The Balaban J connectivity index is 1.46. The van der Waals surface area contributed by atoms with E-state index in [1.807, 2.05) is 12.4 Å². The Labute approximate surface area is 157 Å². The zero-order valence-electron chi connectivity index (χ0n) is 13.8. The number of carbonyl (C=O) groups excluding carboxylic acids is 2. The molecule has 0 fully saturated rings. The van der Waals surface area contributed by atoms with E-state index in [1.165, 1.54) is 17.6 Å². The summed E-state index contributed by atoms with van der Waals surface area (Å²) in [5.74, 6) is 0.388. The van der Waals surface area contributed by atoms with Gasteiger partial charge in [0.15, 0.2) is 15.7 Å². The maximum Gasteiger partial charge on any atom is 0.286 e. The van der Waals surface area contributed by atoms with Gasteiger partial charge in [0.2, 0.25) is 5.91 Å². The quantitative estimate of drug-likeness (QED) is 0.529. The summed E-state index contributed by atoms with van der Waals surface area (Å²) in [6.45, 7) is 0.203. The highest BCUT2D eigenvalue weighted by atomic mass is 32.1. The maximum absolute atomic E-state index is 12.0. The molecule has 136 valence electrons. The maximum atomic E-state index is 12.0. The summed E-state index contributed by atoms with van der Waals surface area (Å²) in [5, 5.41) is 14.5. The van der Waals surface area contributed by atoms with Crippen molar-refractivity contribution in [1.29, 1.82) is 0 Å². The molecule has 0 unspecified atom stereocenters. The number of furan rings is 1. The van der Waals surface area contributed by atoms with Gasteiger partial charge in [0.05, 0.1) is 18.4 Å². The highest BCUT2D eigenvalue weighted by Gasteiger charge is 2.11. The number of rotatable bonds is 7. The number of thiazole rings is 1. The molecule has 0 saturated heterocycles. The Hall–Kier alpha value is -2.79. The number of anilines is 1. The minimum Gasteiger partial charge on any atom is -0.459 e. The van der Waals surface area contributed by atoms with Crippen molar-refractivity contribution in [2.75, 3.05) is 11.9 Å². The first-order chi connectivity index (χ1) is 12.5. The molecule has 3 N–H and O–H groups in total. The van der Waals surface area contributed by atoms with Crippen LogP contribution in [0.15, 0.2) is 28.2 Å². The first-order valence-corrected chi connectivity index (χ1v) is 8.98. The van der Waals surface area contributed by atoms with Gasteiger partial charge >= 0.3 is 0 Å². The number of nitrogens with one attached hydrogen (secondary N) is 3. The number of nitrogens with zero attached hydrogens (tertiary/aromatic N) is 3. The van der Waals surface area contributed by atoms with E-state index >= 15 is 0 Å². The van der Waals surface area contributed by atoms with E-state index < -0.39 is 0 Å². The highest BCUT2D eigenvalue weighted by Crippen LogP contribution is 2.17. The lowest BCUT2D eigenvalue weighted by Gasteiger charge is -2.03. The molecule has 0 aliphatic rings. The van der Waals surface area contributed by atoms with Gasteiger partial charge < -0.3 is 19.6 Å². The van der Waals surface area contributed by atoms with Gasteiger partial charge in [-0.3, -0.25) is 14.7 Å². The topological polar surface area (TPSA) is 118 Å². The SMILES string of the molecule is Cn1c(Cc2csc(NC(=O)CCNC(=O)c3ccco3)n2)n[nH]c1=S. The molecule has 0 spiro atoms. The Bertz CT molecular complexity index is 956. The van der Waals surface area contributed by atoms with Crippen molar-refractivity contribution in [1.82, 2.24) is 25.1 Å². The van der Waals surface area contributed by atoms with E-state index in [0.717, 1.165) is 11.5 Å². The molecule has 3 aromatic heterocycles. The zero-order valence-corrected chi connectivity index (χ0v) is 15.4. The van der Waals surface area contributed by atoms with Gasteiger partial charge in [-0.15, -0.1) is 11.3 Å². The van der Waals surface area contributed by atoms with Gasteiger partial charge in [-0.1, -0.05) is 0 Å². The molecule has 0 radical (unpaired) electrons. The number of hydrogen-bond donors (Lipinski definition) is 3. The molecule has 9 nitrogen and oxygen atoms in total. The molecule has 0 bridgehead atoms. The Morgan fingerprint density at radius 2 is 2.31 bits per heavy atom. The van der Waals surface area contributed by atoms with Crippen LogP contribution in [0.1, 0.15) is 28.5 Å². The fraction of sp³-hybridized carbons (Fsp3) is 0.267. The summed E-state index contributed by atoms with van der Waals surface area (Å²) in [5.41, 5.74) is 0.786. The smallest absolute Gasteiger partial charge is 0.286 e. The minimum atomic E-state index is -0.354. The normalized spacial score (nSPS) is 10.7. The van der Waals surface area contributed by atoms with E-state index in [0.29, 0.717) is 16.3 Å². The molecular formula is C15H16N6O3S2. The molecule has 3 rings (SSSR count). The molecule has 2 amide bonds. The predicted octanol–water partition coefficient (Wildman–Crippen LogP) is 1.88. The summed E-state index contributed by atoms with van der Waals surface area (Å²) in [6.07, 6.45) is 2.06. The molecule has 0 aliphatic carbocycles. The van der Waals surface area contributed by atoms with Crippen molar-refractivity contribution in [3.63, 3.8) is 0 Å². The number of aromatic amines is 1. The second-order valence-electron chi connectivity index (χ2n) is 5.36. The lowest BCUT2D eigenvalue weighted by Crippen LogP contribution is -2.27. The number of carbonyl (C=O) groups is 2. The Morgan fingerprint density at radius 3 is 3.00 bits per heavy atom. The van der Waals surface area contributed by atoms with Crippen molar-refractivity contribution in [3.8, 4) is 0 Å². The average molecular weight is 392 g/mol. The molecule has 3 heterocycles. The zero-order chi connectivity index (χ0) is 18.5. The molecule has 3 aromatic rings. The summed E-state index contributed by atoms with van der Waals surface area (Å²) >= 11 is 6.40. The van der Waals surface area contributed by atoms with Crippen LogP contribution in [0, 0.1) is 4.77 Å². The first kappa shape index (κ1) is 18.0. The molecule has 0 saturated carbocycles. The van der Waals surface area contributed by atoms with Crippen molar-refractivity contribution in [2.24, 2.45) is 7.05 Å². The minimum absolute atomic E-state index is 0.134. The van der Waals surface area contributed by atoms with Gasteiger partial charge in [0.25, 0.3) is 5.91 Å². The Morgan fingerprint density at radius 1 is 1.46 bits per heavy atom. The lowest BCUT2D eigenvalue weighted by molar-refractivity contribution is -0.116. The van der Waals surface area contributed by atoms with E-state index in [4.69, 9.17) is 16.6 Å². The van der Waals surface area contributed by atoms with Crippen LogP contribution in [-0.2, 0) is 18.3 Å². The number of amides is 2.